The number of anilines is 2. The standard InChI is InChI=1S/C32H34N4O4/c1-4-28(21-6-5-7-21)36-13-10-24(11-14-36)40-31-17-25-26(18-30(31)38-3)33-20-34-32(25)35-27-16-22(8-9-29(27)37-2)23-12-15-39-19-23/h4,8-9,12,15-20,24H,1,5-7,10-11,13-14H2,2-3H3,(H,33,34,35). The van der Waals surface area contributed by atoms with Gasteiger partial charge in [0.05, 0.1) is 38.0 Å². The molecule has 206 valence electrons. The molecule has 1 aliphatic carbocycles. The summed E-state index contributed by atoms with van der Waals surface area (Å²) in [5, 5.41) is 4.29. The van der Waals surface area contributed by atoms with Gasteiger partial charge in [-0.15, -0.1) is 0 Å². The normalized spacial score (nSPS) is 15.4. The number of aromatic nitrogens is 2. The molecule has 0 bridgehead atoms. The van der Waals surface area contributed by atoms with Gasteiger partial charge in [-0.1, -0.05) is 12.6 Å². The van der Waals surface area contributed by atoms with Crippen molar-refractivity contribution < 1.29 is 18.6 Å². The quantitative estimate of drug-likeness (QED) is 0.241. The van der Waals surface area contributed by atoms with Crippen molar-refractivity contribution in [2.75, 3.05) is 32.6 Å². The van der Waals surface area contributed by atoms with Crippen LogP contribution in [0, 0.1) is 0 Å². The Balaban J connectivity index is 1.26. The Kier molecular flexibility index (Phi) is 7.31. The highest BCUT2D eigenvalue weighted by Crippen LogP contribution is 2.39. The van der Waals surface area contributed by atoms with Gasteiger partial charge in [-0.25, -0.2) is 9.97 Å². The topological polar surface area (TPSA) is 81.9 Å². The molecular formula is C32H34N4O4. The van der Waals surface area contributed by atoms with Crippen LogP contribution in [-0.2, 0) is 0 Å². The highest BCUT2D eigenvalue weighted by molar-refractivity contribution is 5.93. The Morgan fingerprint density at radius 3 is 2.50 bits per heavy atom. The van der Waals surface area contributed by atoms with Crippen LogP contribution in [-0.4, -0.2) is 48.3 Å². The van der Waals surface area contributed by atoms with Crippen molar-refractivity contribution in [3.63, 3.8) is 0 Å². The first-order valence-electron chi connectivity index (χ1n) is 13.7. The number of benzene rings is 2. The number of likely N-dealkylation sites (tertiary alicyclic amines) is 1. The molecule has 2 aliphatic rings. The zero-order valence-electron chi connectivity index (χ0n) is 23.0. The fourth-order valence-corrected chi connectivity index (χ4v) is 5.46. The van der Waals surface area contributed by atoms with Crippen LogP contribution >= 0.6 is 0 Å². The van der Waals surface area contributed by atoms with Crippen LogP contribution in [0.3, 0.4) is 0 Å². The molecule has 0 spiro atoms. The van der Waals surface area contributed by atoms with Crippen LogP contribution in [0.1, 0.15) is 32.1 Å². The highest BCUT2D eigenvalue weighted by Gasteiger charge is 2.25. The number of ether oxygens (including phenoxy) is 3. The summed E-state index contributed by atoms with van der Waals surface area (Å²) in [4.78, 5) is 11.5. The molecule has 1 aliphatic heterocycles. The molecule has 0 unspecified atom stereocenters. The van der Waals surface area contributed by atoms with Gasteiger partial charge < -0.3 is 28.8 Å². The maximum absolute atomic E-state index is 6.55. The van der Waals surface area contributed by atoms with Gasteiger partial charge in [0.25, 0.3) is 0 Å². The van der Waals surface area contributed by atoms with Crippen molar-refractivity contribution in [1.82, 2.24) is 14.9 Å². The van der Waals surface area contributed by atoms with Crippen LogP contribution in [0.5, 0.6) is 17.2 Å². The van der Waals surface area contributed by atoms with E-state index in [-0.39, 0.29) is 6.10 Å². The molecule has 0 radical (unpaired) electrons. The number of fused-ring (bicyclic) bond motifs is 1. The van der Waals surface area contributed by atoms with Gasteiger partial charge in [0.2, 0.25) is 0 Å². The Labute approximate surface area is 234 Å². The largest absolute Gasteiger partial charge is 0.495 e. The first-order valence-corrected chi connectivity index (χ1v) is 13.7. The Morgan fingerprint density at radius 1 is 1.00 bits per heavy atom. The monoisotopic (exact) mass is 538 g/mol. The highest BCUT2D eigenvalue weighted by atomic mass is 16.5. The average Bonchev–Trinajstić information content (AvgIpc) is 3.50. The van der Waals surface area contributed by atoms with E-state index in [1.807, 2.05) is 42.5 Å². The smallest absolute Gasteiger partial charge is 0.162 e. The SMILES string of the molecule is C=CC(=C1CCC1)N1CCC(Oc2cc3c(Nc4cc(-c5ccoc5)ccc4OC)ncnc3cc2OC)CC1. The van der Waals surface area contributed by atoms with Gasteiger partial charge in [-0.05, 0) is 60.7 Å². The molecule has 1 saturated heterocycles. The van der Waals surface area contributed by atoms with Gasteiger partial charge in [-0.2, -0.15) is 0 Å². The maximum Gasteiger partial charge on any atom is 0.162 e. The number of hydrogen-bond donors (Lipinski definition) is 1. The molecule has 2 aromatic carbocycles. The molecule has 1 N–H and O–H groups in total. The van der Waals surface area contributed by atoms with E-state index in [9.17, 15) is 0 Å². The number of nitrogens with one attached hydrogen (secondary N) is 1. The number of furan rings is 1. The third-order valence-electron chi connectivity index (χ3n) is 7.82. The molecule has 2 fully saturated rings. The van der Waals surface area contributed by atoms with Crippen molar-refractivity contribution in [2.24, 2.45) is 0 Å². The predicted molar refractivity (Wildman–Crippen MR) is 156 cm³/mol. The number of hydrogen-bond acceptors (Lipinski definition) is 8. The number of piperidine rings is 1. The fraction of sp³-hybridized carbons (Fsp3) is 0.312. The van der Waals surface area contributed by atoms with E-state index >= 15 is 0 Å². The summed E-state index contributed by atoms with van der Waals surface area (Å²) in [6.07, 6.45) is 12.6. The summed E-state index contributed by atoms with van der Waals surface area (Å²) in [6.45, 7) is 5.97. The van der Waals surface area contributed by atoms with Crippen molar-refractivity contribution in [3.05, 3.63) is 79.2 Å². The molecule has 40 heavy (non-hydrogen) atoms. The van der Waals surface area contributed by atoms with E-state index in [1.165, 1.54) is 30.5 Å². The van der Waals surface area contributed by atoms with Crippen LogP contribution in [0.2, 0.25) is 0 Å². The average molecular weight is 539 g/mol. The molecule has 8 nitrogen and oxygen atoms in total. The van der Waals surface area contributed by atoms with Gasteiger partial charge in [-0.3, -0.25) is 0 Å². The lowest BCUT2D eigenvalue weighted by Gasteiger charge is -2.37. The fourth-order valence-electron chi connectivity index (χ4n) is 5.46. The zero-order valence-corrected chi connectivity index (χ0v) is 23.0. The Morgan fingerprint density at radius 2 is 1.82 bits per heavy atom. The lowest BCUT2D eigenvalue weighted by Crippen LogP contribution is -2.38. The zero-order chi connectivity index (χ0) is 27.5. The molecule has 0 amide bonds. The van der Waals surface area contributed by atoms with E-state index in [4.69, 9.17) is 18.6 Å². The third kappa shape index (κ3) is 5.09. The molecule has 6 rings (SSSR count). The summed E-state index contributed by atoms with van der Waals surface area (Å²) in [7, 11) is 3.31. The van der Waals surface area contributed by atoms with Crippen molar-refractivity contribution >= 4 is 22.4 Å². The number of allylic oxidation sites excluding steroid dienone is 2. The van der Waals surface area contributed by atoms with Crippen LogP contribution in [0.15, 0.2) is 83.6 Å². The third-order valence-corrected chi connectivity index (χ3v) is 7.82. The van der Waals surface area contributed by atoms with Gasteiger partial charge in [0.1, 0.15) is 24.0 Å². The maximum atomic E-state index is 6.55. The van der Waals surface area contributed by atoms with E-state index < -0.39 is 0 Å². The Hall–Kier alpha value is -4.46. The second-order valence-corrected chi connectivity index (χ2v) is 10.1. The van der Waals surface area contributed by atoms with Gasteiger partial charge >= 0.3 is 0 Å². The van der Waals surface area contributed by atoms with Crippen LogP contribution in [0.4, 0.5) is 11.5 Å². The van der Waals surface area contributed by atoms with Crippen LogP contribution < -0.4 is 19.5 Å². The second kappa shape index (κ2) is 11.3. The first-order chi connectivity index (χ1) is 19.7. The van der Waals surface area contributed by atoms with E-state index in [0.29, 0.717) is 23.1 Å². The molecule has 4 aromatic rings. The molecule has 3 heterocycles. The summed E-state index contributed by atoms with van der Waals surface area (Å²) in [5.41, 5.74) is 6.38. The minimum Gasteiger partial charge on any atom is -0.495 e. The van der Waals surface area contributed by atoms with E-state index in [2.05, 4.69) is 26.8 Å². The summed E-state index contributed by atoms with van der Waals surface area (Å²) in [6, 6.07) is 11.7. The van der Waals surface area contributed by atoms with Crippen molar-refractivity contribution in [3.8, 4) is 28.4 Å². The minimum atomic E-state index is 0.0906. The molecule has 8 heteroatoms. The number of methoxy groups -OCH3 is 2. The molecule has 0 atom stereocenters. The molecule has 1 saturated carbocycles. The van der Waals surface area contributed by atoms with Crippen molar-refractivity contribution in [2.45, 2.75) is 38.2 Å². The summed E-state index contributed by atoms with van der Waals surface area (Å²) < 4.78 is 23.2. The Bertz CT molecular complexity index is 1530. The number of nitrogens with zero attached hydrogens (tertiary/aromatic N) is 3. The summed E-state index contributed by atoms with van der Waals surface area (Å²) in [5.74, 6) is 2.69. The molecule has 2 aromatic heterocycles. The second-order valence-electron chi connectivity index (χ2n) is 10.1. The lowest BCUT2D eigenvalue weighted by atomic mass is 9.89. The summed E-state index contributed by atoms with van der Waals surface area (Å²) >= 11 is 0. The first kappa shape index (κ1) is 25.8. The predicted octanol–water partition coefficient (Wildman–Crippen LogP) is 7.12. The van der Waals surface area contributed by atoms with Crippen LogP contribution in [0.25, 0.3) is 22.0 Å². The van der Waals surface area contributed by atoms with E-state index in [1.54, 1.807) is 33.1 Å². The minimum absolute atomic E-state index is 0.0906. The van der Waals surface area contributed by atoms with Gasteiger partial charge in [0, 0.05) is 48.6 Å². The molecular weight excluding hydrogens is 504 g/mol. The van der Waals surface area contributed by atoms with Gasteiger partial charge in [0.15, 0.2) is 11.5 Å². The van der Waals surface area contributed by atoms with E-state index in [0.717, 1.165) is 53.6 Å². The van der Waals surface area contributed by atoms with Crippen molar-refractivity contribution in [1.29, 1.82) is 0 Å². The number of rotatable bonds is 9. The lowest BCUT2D eigenvalue weighted by molar-refractivity contribution is 0.115.